The van der Waals surface area contributed by atoms with Gasteiger partial charge in [-0.15, -0.1) is 0 Å². The second-order valence-electron chi connectivity index (χ2n) is 7.17. The molecule has 164 valence electrons. The van der Waals surface area contributed by atoms with Gasteiger partial charge < -0.3 is 10.1 Å². The number of carbonyl (C=O) groups is 2. The van der Waals surface area contributed by atoms with Crippen LogP contribution < -0.4 is 15.5 Å². The van der Waals surface area contributed by atoms with Crippen molar-refractivity contribution >= 4 is 50.4 Å². The minimum absolute atomic E-state index is 0.106. The largest absolute Gasteiger partial charge is 0.484 e. The van der Waals surface area contributed by atoms with E-state index in [1.807, 2.05) is 48.5 Å². The summed E-state index contributed by atoms with van der Waals surface area (Å²) in [6, 6.07) is 27.7. The van der Waals surface area contributed by atoms with Crippen LogP contribution in [0.1, 0.15) is 15.9 Å². The van der Waals surface area contributed by atoms with Crippen LogP contribution in [0.3, 0.4) is 0 Å². The molecule has 4 rings (SSSR count). The minimum Gasteiger partial charge on any atom is -0.484 e. The van der Waals surface area contributed by atoms with Gasteiger partial charge in [-0.25, -0.2) is 5.43 Å². The van der Waals surface area contributed by atoms with Crippen LogP contribution in [0.25, 0.3) is 10.8 Å². The molecular weight excluding hydrogens is 482 g/mol. The van der Waals surface area contributed by atoms with Crippen molar-refractivity contribution in [2.24, 2.45) is 5.10 Å². The second-order valence-corrected chi connectivity index (χ2v) is 8.09. The maximum absolute atomic E-state index is 12.3. The SMILES string of the molecule is O=C(COc1ccc(/C=N\NC(=O)c2ccc3ccccc3c2)cc1)Nc1ccc(Br)cc1. The van der Waals surface area contributed by atoms with Crippen molar-refractivity contribution < 1.29 is 14.3 Å². The van der Waals surface area contributed by atoms with Crippen LogP contribution >= 0.6 is 15.9 Å². The van der Waals surface area contributed by atoms with Gasteiger partial charge in [0.25, 0.3) is 11.8 Å². The van der Waals surface area contributed by atoms with Gasteiger partial charge in [0.2, 0.25) is 0 Å². The summed E-state index contributed by atoms with van der Waals surface area (Å²) in [5.74, 6) is 0.0198. The number of hydrogen-bond acceptors (Lipinski definition) is 4. The Hall–Kier alpha value is -3.97. The number of fused-ring (bicyclic) bond motifs is 1. The van der Waals surface area contributed by atoms with Crippen molar-refractivity contribution in [1.82, 2.24) is 5.43 Å². The average molecular weight is 502 g/mol. The Morgan fingerprint density at radius 1 is 0.879 bits per heavy atom. The molecule has 0 heterocycles. The molecule has 0 aliphatic carbocycles. The molecule has 33 heavy (non-hydrogen) atoms. The van der Waals surface area contributed by atoms with Crippen LogP contribution in [-0.2, 0) is 4.79 Å². The zero-order chi connectivity index (χ0) is 23.0. The van der Waals surface area contributed by atoms with E-state index >= 15 is 0 Å². The van der Waals surface area contributed by atoms with E-state index in [4.69, 9.17) is 4.74 Å². The van der Waals surface area contributed by atoms with E-state index in [9.17, 15) is 9.59 Å². The van der Waals surface area contributed by atoms with E-state index in [2.05, 4.69) is 31.8 Å². The van der Waals surface area contributed by atoms with Gasteiger partial charge >= 0.3 is 0 Å². The molecule has 4 aromatic carbocycles. The van der Waals surface area contributed by atoms with E-state index in [-0.39, 0.29) is 18.4 Å². The third-order valence-corrected chi connectivity index (χ3v) is 5.30. The molecule has 0 saturated heterocycles. The topological polar surface area (TPSA) is 79.8 Å². The van der Waals surface area contributed by atoms with Crippen molar-refractivity contribution in [3.63, 3.8) is 0 Å². The number of hydrogen-bond donors (Lipinski definition) is 2. The van der Waals surface area contributed by atoms with Crippen molar-refractivity contribution in [3.8, 4) is 5.75 Å². The molecule has 2 N–H and O–H groups in total. The van der Waals surface area contributed by atoms with Gasteiger partial charge in [0.1, 0.15) is 5.75 Å². The van der Waals surface area contributed by atoms with Gasteiger partial charge in [0, 0.05) is 15.7 Å². The van der Waals surface area contributed by atoms with Crippen LogP contribution in [0.4, 0.5) is 5.69 Å². The Morgan fingerprint density at radius 3 is 2.36 bits per heavy atom. The molecule has 0 spiro atoms. The van der Waals surface area contributed by atoms with Gasteiger partial charge in [-0.05, 0) is 77.0 Å². The number of hydrazone groups is 1. The van der Waals surface area contributed by atoms with E-state index in [0.29, 0.717) is 17.0 Å². The smallest absolute Gasteiger partial charge is 0.271 e. The molecule has 0 unspecified atom stereocenters. The summed E-state index contributed by atoms with van der Waals surface area (Å²) in [5.41, 5.74) is 4.55. The Kier molecular flexibility index (Phi) is 7.12. The summed E-state index contributed by atoms with van der Waals surface area (Å²) in [5, 5.41) is 8.86. The number of halogens is 1. The van der Waals surface area contributed by atoms with Crippen LogP contribution in [0.5, 0.6) is 5.75 Å². The number of rotatable bonds is 7. The van der Waals surface area contributed by atoms with Crippen molar-refractivity contribution in [2.45, 2.75) is 0 Å². The second kappa shape index (κ2) is 10.6. The highest BCUT2D eigenvalue weighted by molar-refractivity contribution is 9.10. The molecule has 0 saturated carbocycles. The zero-order valence-electron chi connectivity index (χ0n) is 17.5. The van der Waals surface area contributed by atoms with Crippen LogP contribution in [0, 0.1) is 0 Å². The highest BCUT2D eigenvalue weighted by Gasteiger charge is 2.06. The highest BCUT2D eigenvalue weighted by Crippen LogP contribution is 2.16. The summed E-state index contributed by atoms with van der Waals surface area (Å²) in [4.78, 5) is 24.4. The standard InChI is InChI=1S/C26H20BrN3O3/c27-22-9-11-23(12-10-22)29-25(31)17-33-24-13-5-18(6-14-24)16-28-30-26(32)21-8-7-19-3-1-2-4-20(19)15-21/h1-16H,17H2,(H,29,31)(H,30,32)/b28-16-. The van der Waals surface area contributed by atoms with E-state index in [1.165, 1.54) is 0 Å². The van der Waals surface area contributed by atoms with Crippen LogP contribution in [-0.4, -0.2) is 24.6 Å². The fourth-order valence-corrected chi connectivity index (χ4v) is 3.35. The zero-order valence-corrected chi connectivity index (χ0v) is 19.1. The molecule has 7 heteroatoms. The number of nitrogens with one attached hydrogen (secondary N) is 2. The van der Waals surface area contributed by atoms with Gasteiger partial charge in [-0.1, -0.05) is 46.3 Å². The average Bonchev–Trinajstić information content (AvgIpc) is 2.84. The Morgan fingerprint density at radius 2 is 1.61 bits per heavy atom. The Labute approximate surface area is 199 Å². The van der Waals surface area contributed by atoms with E-state index in [0.717, 1.165) is 20.8 Å². The summed E-state index contributed by atoms with van der Waals surface area (Å²) in [6.45, 7) is -0.106. The molecule has 0 aliphatic heterocycles. The summed E-state index contributed by atoms with van der Waals surface area (Å²) in [6.07, 6.45) is 1.54. The van der Waals surface area contributed by atoms with Crippen molar-refractivity contribution in [1.29, 1.82) is 0 Å². The van der Waals surface area contributed by atoms with Gasteiger partial charge in [0.05, 0.1) is 6.21 Å². The molecule has 0 atom stereocenters. The first-order valence-electron chi connectivity index (χ1n) is 10.2. The number of benzene rings is 4. The number of amides is 2. The Bertz CT molecular complexity index is 1300. The predicted molar refractivity (Wildman–Crippen MR) is 134 cm³/mol. The third kappa shape index (κ3) is 6.27. The van der Waals surface area contributed by atoms with Crippen LogP contribution in [0.15, 0.2) is 101 Å². The monoisotopic (exact) mass is 501 g/mol. The maximum atomic E-state index is 12.3. The van der Waals surface area contributed by atoms with Gasteiger partial charge in [-0.3, -0.25) is 9.59 Å². The molecule has 0 aromatic heterocycles. The first kappa shape index (κ1) is 22.2. The Balaban J connectivity index is 1.26. The number of ether oxygens (including phenoxy) is 1. The number of carbonyl (C=O) groups excluding carboxylic acids is 2. The van der Waals surface area contributed by atoms with Gasteiger partial charge in [0.15, 0.2) is 6.61 Å². The minimum atomic E-state index is -0.284. The molecule has 2 amide bonds. The van der Waals surface area contributed by atoms with Crippen molar-refractivity contribution in [2.75, 3.05) is 11.9 Å². The molecule has 0 bridgehead atoms. The first-order valence-corrected chi connectivity index (χ1v) is 11.0. The predicted octanol–water partition coefficient (Wildman–Crippen LogP) is 5.38. The van der Waals surface area contributed by atoms with E-state index < -0.39 is 0 Å². The lowest BCUT2D eigenvalue weighted by atomic mass is 10.1. The van der Waals surface area contributed by atoms with Crippen LogP contribution in [0.2, 0.25) is 0 Å². The van der Waals surface area contributed by atoms with Gasteiger partial charge in [-0.2, -0.15) is 5.10 Å². The lowest BCUT2D eigenvalue weighted by Crippen LogP contribution is -2.20. The molecule has 0 aliphatic rings. The maximum Gasteiger partial charge on any atom is 0.271 e. The molecule has 0 fully saturated rings. The first-order chi connectivity index (χ1) is 16.1. The van der Waals surface area contributed by atoms with E-state index in [1.54, 1.807) is 48.7 Å². The molecule has 6 nitrogen and oxygen atoms in total. The van der Waals surface area contributed by atoms with Crippen molar-refractivity contribution in [3.05, 3.63) is 107 Å². The molecule has 4 aromatic rings. The summed E-state index contributed by atoms with van der Waals surface area (Å²) in [7, 11) is 0. The lowest BCUT2D eigenvalue weighted by Gasteiger charge is -2.08. The number of nitrogens with zero attached hydrogens (tertiary/aromatic N) is 1. The summed E-state index contributed by atoms with van der Waals surface area (Å²) >= 11 is 3.35. The molecule has 0 radical (unpaired) electrons. The lowest BCUT2D eigenvalue weighted by molar-refractivity contribution is -0.118. The quantitative estimate of drug-likeness (QED) is 0.263. The molecular formula is C26H20BrN3O3. The third-order valence-electron chi connectivity index (χ3n) is 4.77. The fraction of sp³-hybridized carbons (Fsp3) is 0.0385. The normalized spacial score (nSPS) is 10.8. The number of anilines is 1. The highest BCUT2D eigenvalue weighted by atomic mass is 79.9. The summed E-state index contributed by atoms with van der Waals surface area (Å²) < 4.78 is 6.46. The fourth-order valence-electron chi connectivity index (χ4n) is 3.09.